The smallest absolute Gasteiger partial charge is 0.146 e. The molecule has 0 radical (unpaired) electrons. The van der Waals surface area contributed by atoms with Crippen LogP contribution in [0.5, 0.6) is 0 Å². The summed E-state index contributed by atoms with van der Waals surface area (Å²) in [6.07, 6.45) is 8.83. The maximum atomic E-state index is 12.7. The number of aliphatic imine (C=N–C) groups is 1. The van der Waals surface area contributed by atoms with E-state index in [1.165, 1.54) is 11.8 Å². The van der Waals surface area contributed by atoms with E-state index in [2.05, 4.69) is 9.71 Å². The Hall–Kier alpha value is -1.28. The van der Waals surface area contributed by atoms with Crippen LogP contribution in [-0.4, -0.2) is 28.1 Å². The molecule has 1 unspecified atom stereocenters. The van der Waals surface area contributed by atoms with Gasteiger partial charge in [0.2, 0.25) is 0 Å². The fourth-order valence-electron chi connectivity index (χ4n) is 2.11. The summed E-state index contributed by atoms with van der Waals surface area (Å²) >= 11 is 9.02. The Labute approximate surface area is 169 Å². The summed E-state index contributed by atoms with van der Waals surface area (Å²) in [6, 6.07) is 5.63. The predicted octanol–water partition coefficient (Wildman–Crippen LogP) is 5.43. The van der Waals surface area contributed by atoms with Gasteiger partial charge in [0.05, 0.1) is 17.0 Å². The van der Waals surface area contributed by atoms with Gasteiger partial charge in [-0.2, -0.15) is 0 Å². The van der Waals surface area contributed by atoms with Gasteiger partial charge in [-0.1, -0.05) is 17.7 Å². The third-order valence-corrected chi connectivity index (χ3v) is 6.41. The number of hydrogen-bond acceptors (Lipinski definition) is 5. The molecule has 1 aromatic rings. The van der Waals surface area contributed by atoms with Crippen LogP contribution >= 0.6 is 35.1 Å². The van der Waals surface area contributed by atoms with E-state index >= 15 is 0 Å². The lowest BCUT2D eigenvalue weighted by Crippen LogP contribution is -2.07. The quantitative estimate of drug-likeness (QED) is 0.198. The normalized spacial score (nSPS) is 15.7. The van der Waals surface area contributed by atoms with Gasteiger partial charge < -0.3 is 9.52 Å². The number of rotatable bonds is 8. The van der Waals surface area contributed by atoms with Crippen molar-refractivity contribution in [1.29, 1.82) is 0 Å². The molecule has 1 aromatic carbocycles. The van der Waals surface area contributed by atoms with Crippen molar-refractivity contribution in [3.05, 3.63) is 51.9 Å². The van der Waals surface area contributed by atoms with E-state index in [4.69, 9.17) is 11.6 Å². The molecule has 2 rings (SSSR count). The highest BCUT2D eigenvalue weighted by atomic mass is 35.5. The largest absolute Gasteiger partial charge is 0.302 e. The second-order valence-corrected chi connectivity index (χ2v) is 8.69. The van der Waals surface area contributed by atoms with Crippen LogP contribution in [-0.2, 0) is 15.8 Å². The van der Waals surface area contributed by atoms with E-state index in [0.29, 0.717) is 17.2 Å². The lowest BCUT2D eigenvalue weighted by Gasteiger charge is -2.11. The topological polar surface area (TPSA) is 58.5 Å². The minimum absolute atomic E-state index is 0.387. The average Bonchev–Trinajstić information content (AvgIpc) is 2.81. The first-order valence-electron chi connectivity index (χ1n) is 7.72. The molecule has 26 heavy (non-hydrogen) atoms. The van der Waals surface area contributed by atoms with Crippen LogP contribution in [0.2, 0.25) is 0 Å². The highest BCUT2D eigenvalue weighted by molar-refractivity contribution is 8.12. The first-order chi connectivity index (χ1) is 12.5. The SMILES string of the molecule is CSc1cc(NS(=O)C2=CC=CC(Cl)=C(C)C2)ccc1N=CSCC=O. The van der Waals surface area contributed by atoms with Gasteiger partial charge in [0, 0.05) is 26.9 Å². The van der Waals surface area contributed by atoms with Crippen LogP contribution < -0.4 is 4.72 Å². The predicted molar refractivity (Wildman–Crippen MR) is 117 cm³/mol. The third kappa shape index (κ3) is 6.16. The number of carbonyl (C=O) groups excluding carboxylic acids is 1. The Morgan fingerprint density at radius 3 is 2.96 bits per heavy atom. The molecule has 1 aliphatic carbocycles. The van der Waals surface area contributed by atoms with Crippen molar-refractivity contribution in [2.75, 3.05) is 16.7 Å². The molecule has 0 amide bonds. The second kappa shape index (κ2) is 10.8. The first kappa shape index (κ1) is 21.0. The third-order valence-electron chi connectivity index (χ3n) is 3.43. The van der Waals surface area contributed by atoms with Gasteiger partial charge in [-0.3, -0.25) is 0 Å². The van der Waals surface area contributed by atoms with E-state index in [1.807, 2.05) is 49.6 Å². The fourth-order valence-corrected chi connectivity index (χ4v) is 4.20. The van der Waals surface area contributed by atoms with E-state index in [-0.39, 0.29) is 0 Å². The summed E-state index contributed by atoms with van der Waals surface area (Å²) in [5.41, 5.74) is 4.23. The number of benzene rings is 1. The van der Waals surface area contributed by atoms with Crippen LogP contribution in [0.1, 0.15) is 13.3 Å². The van der Waals surface area contributed by atoms with Gasteiger partial charge in [-0.25, -0.2) is 9.20 Å². The molecular formula is C18H19ClN2O2S3. The molecular weight excluding hydrogens is 408 g/mol. The Balaban J connectivity index is 2.11. The first-order valence-corrected chi connectivity index (χ1v) is 11.5. The van der Waals surface area contributed by atoms with Gasteiger partial charge in [0.1, 0.15) is 17.3 Å². The van der Waals surface area contributed by atoms with Crippen LogP contribution in [0.3, 0.4) is 0 Å². The van der Waals surface area contributed by atoms with Crippen LogP contribution in [0.4, 0.5) is 11.4 Å². The molecule has 0 aromatic heterocycles. The zero-order valence-corrected chi connectivity index (χ0v) is 17.6. The molecule has 0 aliphatic heterocycles. The summed E-state index contributed by atoms with van der Waals surface area (Å²) in [5.74, 6) is 0.387. The molecule has 1 aliphatic rings. The molecule has 0 bridgehead atoms. The number of anilines is 1. The fraction of sp³-hybridized carbons (Fsp3) is 0.222. The summed E-state index contributed by atoms with van der Waals surface area (Å²) in [4.78, 5) is 16.4. The number of halogens is 1. The van der Waals surface area contributed by atoms with E-state index in [9.17, 15) is 9.00 Å². The van der Waals surface area contributed by atoms with Gasteiger partial charge in [0.25, 0.3) is 0 Å². The zero-order chi connectivity index (χ0) is 18.9. The highest BCUT2D eigenvalue weighted by Gasteiger charge is 2.12. The van der Waals surface area contributed by atoms with Crippen molar-refractivity contribution in [2.24, 2.45) is 4.99 Å². The molecule has 0 spiro atoms. The van der Waals surface area contributed by atoms with Crippen molar-refractivity contribution in [3.8, 4) is 0 Å². The van der Waals surface area contributed by atoms with Crippen molar-refractivity contribution in [2.45, 2.75) is 18.2 Å². The standard InChI is InChI=1S/C18H19ClN2O2S3/c1-13-10-15(4-3-5-16(13)19)26(23)21-14-6-7-17(18(11-14)24-2)20-12-25-9-8-22/h3-8,11-12,21H,9-10H2,1-2H3. The van der Waals surface area contributed by atoms with Gasteiger partial charge in [-0.15, -0.1) is 23.5 Å². The Morgan fingerprint density at radius 1 is 1.42 bits per heavy atom. The monoisotopic (exact) mass is 426 g/mol. The maximum Gasteiger partial charge on any atom is 0.146 e. The summed E-state index contributed by atoms with van der Waals surface area (Å²) in [6.45, 7) is 1.93. The highest BCUT2D eigenvalue weighted by Crippen LogP contribution is 2.32. The van der Waals surface area contributed by atoms with E-state index < -0.39 is 11.0 Å². The zero-order valence-electron chi connectivity index (χ0n) is 14.4. The number of nitrogens with zero attached hydrogens (tertiary/aromatic N) is 1. The molecule has 0 heterocycles. The number of carbonyl (C=O) groups is 1. The molecule has 0 saturated carbocycles. The Bertz CT molecular complexity index is 817. The van der Waals surface area contributed by atoms with Gasteiger partial charge in [-0.05, 0) is 49.1 Å². The van der Waals surface area contributed by atoms with E-state index in [0.717, 1.165) is 33.0 Å². The summed E-state index contributed by atoms with van der Waals surface area (Å²) in [5, 5.41) is 0.688. The molecule has 8 heteroatoms. The summed E-state index contributed by atoms with van der Waals surface area (Å²) in [7, 11) is -1.35. The molecule has 0 saturated heterocycles. The Kier molecular flexibility index (Phi) is 8.71. The number of thioether (sulfide) groups is 2. The minimum atomic E-state index is -1.35. The average molecular weight is 427 g/mol. The number of nitrogens with one attached hydrogen (secondary N) is 1. The number of allylic oxidation sites excluding steroid dienone is 6. The van der Waals surface area contributed by atoms with Crippen molar-refractivity contribution < 1.29 is 9.00 Å². The van der Waals surface area contributed by atoms with Crippen LogP contribution in [0.25, 0.3) is 0 Å². The van der Waals surface area contributed by atoms with Crippen LogP contribution in [0, 0.1) is 0 Å². The molecule has 1 atom stereocenters. The van der Waals surface area contributed by atoms with Gasteiger partial charge >= 0.3 is 0 Å². The lowest BCUT2D eigenvalue weighted by molar-refractivity contribution is -0.105. The molecule has 1 N–H and O–H groups in total. The molecule has 138 valence electrons. The second-order valence-electron chi connectivity index (χ2n) is 5.29. The Morgan fingerprint density at radius 2 is 2.23 bits per heavy atom. The van der Waals surface area contributed by atoms with Gasteiger partial charge in [0.15, 0.2) is 0 Å². The molecule has 4 nitrogen and oxygen atoms in total. The lowest BCUT2D eigenvalue weighted by atomic mass is 10.2. The molecule has 0 fully saturated rings. The van der Waals surface area contributed by atoms with Crippen molar-refractivity contribution in [1.82, 2.24) is 0 Å². The summed E-state index contributed by atoms with van der Waals surface area (Å²) < 4.78 is 15.7. The van der Waals surface area contributed by atoms with Crippen LogP contribution in [0.15, 0.2) is 61.8 Å². The van der Waals surface area contributed by atoms with Crippen molar-refractivity contribution in [3.63, 3.8) is 0 Å². The number of aldehydes is 1. The van der Waals surface area contributed by atoms with E-state index in [1.54, 1.807) is 17.3 Å². The minimum Gasteiger partial charge on any atom is -0.302 e. The number of hydrogen-bond donors (Lipinski definition) is 1. The van der Waals surface area contributed by atoms with Crippen molar-refractivity contribution >= 4 is 69.3 Å². The maximum absolute atomic E-state index is 12.7.